The minimum absolute atomic E-state index is 0.00323. The number of carbonyl (C=O) groups is 2. The van der Waals surface area contributed by atoms with E-state index in [1.54, 1.807) is 0 Å². The molecule has 4 saturated carbocycles. The predicted octanol–water partition coefficient (Wildman–Crippen LogP) is 1.75. The van der Waals surface area contributed by atoms with Crippen LogP contribution in [-0.4, -0.2) is 37.0 Å². The van der Waals surface area contributed by atoms with Gasteiger partial charge in [0.15, 0.2) is 12.6 Å². The van der Waals surface area contributed by atoms with Crippen molar-refractivity contribution >= 4 is 17.5 Å². The summed E-state index contributed by atoms with van der Waals surface area (Å²) in [5, 5.41) is 6.16. The first-order valence-electron chi connectivity index (χ1n) is 10.5. The summed E-state index contributed by atoms with van der Waals surface area (Å²) in [4.78, 5) is 26.1. The van der Waals surface area contributed by atoms with Gasteiger partial charge in [-0.3, -0.25) is 9.59 Å². The van der Waals surface area contributed by atoms with E-state index in [0.29, 0.717) is 5.69 Å². The van der Waals surface area contributed by atoms with Gasteiger partial charge in [-0.1, -0.05) is 0 Å². The van der Waals surface area contributed by atoms with Crippen molar-refractivity contribution in [2.24, 2.45) is 17.8 Å². The van der Waals surface area contributed by atoms with Crippen molar-refractivity contribution in [3.8, 4) is 0 Å². The van der Waals surface area contributed by atoms with Crippen LogP contribution in [0.4, 0.5) is 10.1 Å². The van der Waals surface area contributed by atoms with Crippen molar-refractivity contribution < 1.29 is 18.9 Å². The quantitative estimate of drug-likeness (QED) is 0.695. The Hall–Kier alpha value is -1.95. The Morgan fingerprint density at radius 3 is 2.18 bits per heavy atom. The van der Waals surface area contributed by atoms with Crippen molar-refractivity contribution in [3.05, 3.63) is 30.1 Å². The lowest BCUT2D eigenvalue weighted by Gasteiger charge is -2.57. The van der Waals surface area contributed by atoms with Gasteiger partial charge in [0.2, 0.25) is 0 Å². The zero-order chi connectivity index (χ0) is 19.9. The average Bonchev–Trinajstić information content (AvgIpc) is 2.61. The third kappa shape index (κ3) is 4.07. The first-order chi connectivity index (χ1) is 13.3. The largest absolute Gasteiger partial charge is 0.345 e. The molecule has 1 aromatic carbocycles. The summed E-state index contributed by atoms with van der Waals surface area (Å²) in [6, 6.07) is 5.39. The maximum atomic E-state index is 13.0. The summed E-state index contributed by atoms with van der Waals surface area (Å²) in [5.74, 6) is 1.89. The van der Waals surface area contributed by atoms with Crippen LogP contribution in [-0.2, 0) is 9.59 Å². The molecular weight excluding hydrogens is 357 g/mol. The summed E-state index contributed by atoms with van der Waals surface area (Å²) in [5.41, 5.74) is 0.557. The Morgan fingerprint density at radius 1 is 1.11 bits per heavy atom. The number of amides is 2. The minimum Gasteiger partial charge on any atom is -0.345 e. The van der Waals surface area contributed by atoms with Gasteiger partial charge in [-0.2, -0.15) is 0 Å². The number of nitrogens with one attached hydrogen (secondary N) is 3. The summed E-state index contributed by atoms with van der Waals surface area (Å²) in [7, 11) is 1.87. The molecule has 0 aliphatic heterocycles. The number of quaternary nitrogens is 1. The van der Waals surface area contributed by atoms with E-state index in [1.165, 1.54) is 43.5 Å². The summed E-state index contributed by atoms with van der Waals surface area (Å²) >= 11 is 0. The molecule has 1 aromatic rings. The van der Waals surface area contributed by atoms with Gasteiger partial charge in [0.05, 0.1) is 7.05 Å². The lowest BCUT2D eigenvalue weighted by atomic mass is 9.53. The van der Waals surface area contributed by atoms with Gasteiger partial charge in [-0.25, -0.2) is 4.39 Å². The van der Waals surface area contributed by atoms with Crippen LogP contribution >= 0.6 is 0 Å². The highest BCUT2D eigenvalue weighted by Gasteiger charge is 2.52. The van der Waals surface area contributed by atoms with Gasteiger partial charge in [0.25, 0.3) is 11.8 Å². The zero-order valence-corrected chi connectivity index (χ0v) is 16.8. The van der Waals surface area contributed by atoms with Crippen LogP contribution in [0.2, 0.25) is 0 Å². The number of benzene rings is 1. The van der Waals surface area contributed by atoms with Crippen LogP contribution in [0, 0.1) is 23.6 Å². The van der Waals surface area contributed by atoms with Gasteiger partial charge in [-0.15, -0.1) is 0 Å². The molecule has 28 heavy (non-hydrogen) atoms. The minimum atomic E-state index is -0.337. The SMILES string of the molecule is C[C@H](C(=O)NC12CC3CC(CC(C3)C1)C2)[NH+](C)CC(=O)Nc1ccc(F)cc1. The molecule has 152 valence electrons. The van der Waals surface area contributed by atoms with E-state index in [1.807, 2.05) is 14.0 Å². The molecule has 3 N–H and O–H groups in total. The van der Waals surface area contributed by atoms with Gasteiger partial charge < -0.3 is 15.5 Å². The molecule has 4 bridgehead atoms. The van der Waals surface area contributed by atoms with Crippen LogP contribution < -0.4 is 15.5 Å². The Bertz CT molecular complexity index is 713. The number of rotatable bonds is 6. The topological polar surface area (TPSA) is 62.6 Å². The molecule has 0 saturated heterocycles. The molecule has 2 atom stereocenters. The number of carbonyl (C=O) groups excluding carboxylic acids is 2. The molecule has 4 aliphatic carbocycles. The van der Waals surface area contributed by atoms with E-state index in [9.17, 15) is 14.0 Å². The van der Waals surface area contributed by atoms with E-state index in [4.69, 9.17) is 0 Å². The molecule has 4 aliphatic rings. The molecule has 0 aromatic heterocycles. The predicted molar refractivity (Wildman–Crippen MR) is 105 cm³/mol. The van der Waals surface area contributed by atoms with Crippen molar-refractivity contribution in [2.75, 3.05) is 18.9 Å². The van der Waals surface area contributed by atoms with Gasteiger partial charge in [0.1, 0.15) is 5.82 Å². The molecule has 5 rings (SSSR count). The molecule has 5 nitrogen and oxygen atoms in total. The second-order valence-corrected chi connectivity index (χ2v) is 9.49. The van der Waals surface area contributed by atoms with Gasteiger partial charge >= 0.3 is 0 Å². The summed E-state index contributed by atoms with van der Waals surface area (Å²) in [6.45, 7) is 2.07. The molecular formula is C22H31FN3O2+. The molecule has 2 amide bonds. The molecule has 0 spiro atoms. The van der Waals surface area contributed by atoms with E-state index in [2.05, 4.69) is 10.6 Å². The summed E-state index contributed by atoms with van der Waals surface area (Å²) in [6.07, 6.45) is 7.42. The molecule has 1 unspecified atom stereocenters. The van der Waals surface area contributed by atoms with Crippen LogP contribution in [0.1, 0.15) is 45.4 Å². The summed E-state index contributed by atoms with van der Waals surface area (Å²) < 4.78 is 13.0. The number of hydrogen-bond acceptors (Lipinski definition) is 2. The van der Waals surface area contributed by atoms with E-state index in [0.717, 1.165) is 41.9 Å². The third-order valence-electron chi connectivity index (χ3n) is 7.13. The van der Waals surface area contributed by atoms with Crippen LogP contribution in [0.15, 0.2) is 24.3 Å². The van der Waals surface area contributed by atoms with Crippen LogP contribution in [0.25, 0.3) is 0 Å². The van der Waals surface area contributed by atoms with Crippen molar-refractivity contribution in [2.45, 2.75) is 57.0 Å². The highest BCUT2D eigenvalue weighted by atomic mass is 19.1. The fourth-order valence-corrected chi connectivity index (χ4v) is 6.00. The monoisotopic (exact) mass is 388 g/mol. The second-order valence-electron chi connectivity index (χ2n) is 9.49. The smallest absolute Gasteiger partial charge is 0.279 e. The highest BCUT2D eigenvalue weighted by Crippen LogP contribution is 2.55. The Labute approximate surface area is 166 Å². The van der Waals surface area contributed by atoms with E-state index >= 15 is 0 Å². The average molecular weight is 389 g/mol. The van der Waals surface area contributed by atoms with E-state index < -0.39 is 0 Å². The Kier molecular flexibility index (Phi) is 5.17. The fourth-order valence-electron chi connectivity index (χ4n) is 6.00. The van der Waals surface area contributed by atoms with Crippen molar-refractivity contribution in [3.63, 3.8) is 0 Å². The van der Waals surface area contributed by atoms with Gasteiger partial charge in [0, 0.05) is 11.2 Å². The lowest BCUT2D eigenvalue weighted by molar-refractivity contribution is -0.885. The first-order valence-corrected chi connectivity index (χ1v) is 10.5. The normalized spacial score (nSPS) is 32.6. The van der Waals surface area contributed by atoms with Crippen LogP contribution in [0.3, 0.4) is 0 Å². The standard InChI is InChI=1S/C22H30FN3O2/c1-14(26(2)13-20(27)24-19-5-3-18(23)4-6-19)21(28)25-22-10-15-7-16(11-22)9-17(8-15)12-22/h3-6,14-17H,7-13H2,1-2H3,(H,24,27)(H,25,28)/p+1/t14-,15?,16?,17?,22?/m1/s1. The number of hydrogen-bond donors (Lipinski definition) is 3. The highest BCUT2D eigenvalue weighted by molar-refractivity contribution is 5.91. The molecule has 6 heteroatoms. The fraction of sp³-hybridized carbons (Fsp3) is 0.636. The maximum Gasteiger partial charge on any atom is 0.279 e. The maximum absolute atomic E-state index is 13.0. The second kappa shape index (κ2) is 7.47. The molecule has 0 heterocycles. The number of likely N-dealkylation sites (N-methyl/N-ethyl adjacent to an activating group) is 1. The number of anilines is 1. The first kappa shape index (κ1) is 19.4. The third-order valence-corrected chi connectivity index (χ3v) is 7.13. The molecule has 4 fully saturated rings. The van der Waals surface area contributed by atoms with Crippen molar-refractivity contribution in [1.29, 1.82) is 0 Å². The van der Waals surface area contributed by atoms with E-state index in [-0.39, 0.29) is 35.8 Å². The van der Waals surface area contributed by atoms with Crippen LogP contribution in [0.5, 0.6) is 0 Å². The Morgan fingerprint density at radius 2 is 1.64 bits per heavy atom. The van der Waals surface area contributed by atoms with Gasteiger partial charge in [-0.05, 0) is 87.5 Å². The molecule has 0 radical (unpaired) electrons. The van der Waals surface area contributed by atoms with Crippen molar-refractivity contribution in [1.82, 2.24) is 5.32 Å². The zero-order valence-electron chi connectivity index (χ0n) is 16.8. The number of halogens is 1. The Balaban J connectivity index is 1.31. The lowest BCUT2D eigenvalue weighted by Crippen LogP contribution is -3.15.